The van der Waals surface area contributed by atoms with Gasteiger partial charge in [0.25, 0.3) is 0 Å². The van der Waals surface area contributed by atoms with Gasteiger partial charge in [-0.25, -0.2) is 0 Å². The van der Waals surface area contributed by atoms with E-state index >= 15 is 0 Å². The van der Waals surface area contributed by atoms with Gasteiger partial charge in [0.15, 0.2) is 0 Å². The van der Waals surface area contributed by atoms with E-state index in [1.807, 2.05) is 0 Å². The van der Waals surface area contributed by atoms with Crippen LogP contribution in [-0.2, 0) is 0 Å². The van der Waals surface area contributed by atoms with E-state index in [1.54, 1.807) is 0 Å². The lowest BCUT2D eigenvalue weighted by atomic mass is 9.69. The Bertz CT molecular complexity index is 1510. The number of hydrogen-bond acceptors (Lipinski definition) is 0. The summed E-state index contributed by atoms with van der Waals surface area (Å²) in [4.78, 5) is 0. The molecule has 11 fully saturated rings. The lowest BCUT2D eigenvalue weighted by molar-refractivity contribution is 0.155. The van der Waals surface area contributed by atoms with Gasteiger partial charge in [-0.15, -0.1) is 0 Å². The zero-order chi connectivity index (χ0) is 63.9. The summed E-state index contributed by atoms with van der Waals surface area (Å²) in [6.45, 7) is 56.6. The molecule has 0 heterocycles. The molecule has 0 aromatic heterocycles. The maximum Gasteiger partial charge on any atom is -0.0300 e. The van der Waals surface area contributed by atoms with Crippen molar-refractivity contribution in [2.24, 2.45) is 71.4 Å². The Balaban J connectivity index is 0.000000464. The van der Waals surface area contributed by atoms with Gasteiger partial charge >= 0.3 is 0 Å². The molecule has 0 nitrogen and oxygen atoms in total. The van der Waals surface area contributed by atoms with E-state index < -0.39 is 0 Å². The molecule has 0 aliphatic heterocycles. The van der Waals surface area contributed by atoms with Crippen molar-refractivity contribution in [3.8, 4) is 0 Å². The zero-order valence-electron chi connectivity index (χ0n) is 63.9. The molecule has 84 heavy (non-hydrogen) atoms. The molecule has 0 radical (unpaired) electrons. The fourth-order valence-electron chi connectivity index (χ4n) is 15.8. The van der Waals surface area contributed by atoms with Gasteiger partial charge in [0, 0.05) is 0 Å². The van der Waals surface area contributed by atoms with Crippen molar-refractivity contribution in [3.05, 3.63) is 0 Å². The summed E-state index contributed by atoms with van der Waals surface area (Å²) in [5, 5.41) is 0. The minimum atomic E-state index is 0.694. The second-order valence-electron chi connectivity index (χ2n) is 37.0. The van der Waals surface area contributed by atoms with Crippen LogP contribution in [-0.4, -0.2) is 0 Å². The van der Waals surface area contributed by atoms with Gasteiger partial charge in [-0.05, 0) is 219 Å². The van der Waals surface area contributed by atoms with Gasteiger partial charge < -0.3 is 0 Å². The molecule has 11 saturated carbocycles. The van der Waals surface area contributed by atoms with E-state index in [9.17, 15) is 0 Å². The molecule has 0 N–H and O–H groups in total. The van der Waals surface area contributed by atoms with Crippen molar-refractivity contribution in [2.45, 2.75) is 468 Å². The van der Waals surface area contributed by atoms with E-state index in [0.29, 0.717) is 16.2 Å². The fourth-order valence-corrected chi connectivity index (χ4v) is 15.8. The van der Waals surface area contributed by atoms with E-state index in [2.05, 4.69) is 166 Å². The second kappa shape index (κ2) is 39.4. The van der Waals surface area contributed by atoms with E-state index in [0.717, 1.165) is 55.2 Å². The Kier molecular flexibility index (Phi) is 38.5. The second-order valence-corrected chi connectivity index (χ2v) is 37.0. The van der Waals surface area contributed by atoms with Gasteiger partial charge in [-0.3, -0.25) is 0 Å². The Morgan fingerprint density at radius 2 is 0.440 bits per heavy atom. The average Bonchev–Trinajstić information content (AvgIpc) is 4.09. The van der Waals surface area contributed by atoms with E-state index in [-0.39, 0.29) is 0 Å². The molecular formula is C84H168. The first-order valence-electron chi connectivity index (χ1n) is 39.1. The Labute approximate surface area is 536 Å². The number of rotatable bonds is 11. The Morgan fingerprint density at radius 1 is 0.214 bits per heavy atom. The first-order valence-corrected chi connectivity index (χ1v) is 39.1. The minimum absolute atomic E-state index is 0.694. The molecule has 11 aliphatic carbocycles. The van der Waals surface area contributed by atoms with Gasteiger partial charge in [-0.2, -0.15) is 0 Å². The summed E-state index contributed by atoms with van der Waals surface area (Å²) in [7, 11) is 0. The lowest BCUT2D eigenvalue weighted by Crippen LogP contribution is -2.23. The van der Waals surface area contributed by atoms with Crippen LogP contribution >= 0.6 is 0 Å². The standard InChI is InChI=1S/C10H20.3C9H18.2C8H16.2C7H14.2C6H12.C5H10/c1-4-7-10(3)8-5-6-9(10)2;1-4-9(3)7-5-6-8(9)2;2*1-3-6-9(2)7-4-5-8-9;2*1-3-8(2)6-4-5-7-8;1-7(2)5-3-4-6-7;1-3-7(2)5-4-6-7;1-6(2)4-3-5-6;1-3-6(2)4-5-6;1-5(2)3-4-5/h9H,4-8H2,1-3H3;8H,4-7H2,1-3H3;2*3-8H2,1-2H3;2*3-7H2,1-2H3;2*3-6H2,1-2H3;2*3-5H2,1-2H3;3-4H2,1-2H3. The molecule has 0 heteroatoms. The van der Waals surface area contributed by atoms with E-state index in [4.69, 9.17) is 0 Å². The summed E-state index contributed by atoms with van der Waals surface area (Å²) in [6.07, 6.45) is 68.3. The highest BCUT2D eigenvalue weighted by molar-refractivity contribution is 4.88. The highest BCUT2D eigenvalue weighted by Crippen LogP contribution is 2.49. The highest BCUT2D eigenvalue weighted by atomic mass is 14.4. The van der Waals surface area contributed by atoms with Crippen LogP contribution in [0.15, 0.2) is 0 Å². The molecule has 4 atom stereocenters. The maximum absolute atomic E-state index is 2.47. The first-order chi connectivity index (χ1) is 39.1. The number of hydrogen-bond donors (Lipinski definition) is 0. The van der Waals surface area contributed by atoms with Crippen LogP contribution < -0.4 is 0 Å². The summed E-state index contributed by atoms with van der Waals surface area (Å²) < 4.78 is 0. The lowest BCUT2D eigenvalue weighted by Gasteiger charge is -2.37. The van der Waals surface area contributed by atoms with Crippen LogP contribution in [0.5, 0.6) is 0 Å². The van der Waals surface area contributed by atoms with Crippen LogP contribution in [0.25, 0.3) is 0 Å². The molecule has 0 spiro atoms. The third-order valence-corrected chi connectivity index (χ3v) is 26.7. The van der Waals surface area contributed by atoms with Crippen LogP contribution in [0.1, 0.15) is 468 Å². The molecule has 0 aromatic carbocycles. The SMILES string of the molecule is CC1(C)CC1.CC1(C)CCC1.CC1(C)CCCC1.CCC1(C)CC1.CCC1(C)CCC1.CCC1(C)CCCC1.CCC1(C)CCCC1.CCC1(C)CCCC1C.CCCC1(C)CCCC1.CCCC1(C)CCCC1.CCCC1(C)CCCC1C. The van der Waals surface area contributed by atoms with E-state index in [1.165, 1.54) is 302 Å². The Morgan fingerprint density at radius 3 is 0.571 bits per heavy atom. The summed E-state index contributed by atoms with van der Waals surface area (Å²) in [5.41, 5.74) is 8.08. The predicted octanol–water partition coefficient (Wildman–Crippen LogP) is 30.9. The normalized spacial score (nSPS) is 30.1. The van der Waals surface area contributed by atoms with Crippen molar-refractivity contribution >= 4 is 0 Å². The quantitative estimate of drug-likeness (QED) is 0.193. The molecule has 0 bridgehead atoms. The predicted molar refractivity (Wildman–Crippen MR) is 387 cm³/mol. The monoisotopic (exact) mass is 1180 g/mol. The minimum Gasteiger partial charge on any atom is -0.0654 e. The first kappa shape index (κ1) is 82.0. The largest absolute Gasteiger partial charge is 0.0654 e. The third kappa shape index (κ3) is 35.0. The molecule has 11 aliphatic rings. The Hall–Kier alpha value is 0. The van der Waals surface area contributed by atoms with Gasteiger partial charge in [0.05, 0.1) is 0 Å². The van der Waals surface area contributed by atoms with Crippen LogP contribution in [0, 0.1) is 71.4 Å². The van der Waals surface area contributed by atoms with Crippen molar-refractivity contribution < 1.29 is 0 Å². The van der Waals surface area contributed by atoms with Crippen molar-refractivity contribution in [1.82, 2.24) is 0 Å². The van der Waals surface area contributed by atoms with Gasteiger partial charge in [0.1, 0.15) is 0 Å². The maximum atomic E-state index is 2.47. The topological polar surface area (TPSA) is 0 Å². The molecule has 0 aromatic rings. The summed E-state index contributed by atoms with van der Waals surface area (Å²) in [5.74, 6) is 1.95. The molecule has 504 valence electrons. The van der Waals surface area contributed by atoms with Gasteiger partial charge in [-0.1, -0.05) is 320 Å². The summed E-state index contributed by atoms with van der Waals surface area (Å²) in [6, 6.07) is 0. The summed E-state index contributed by atoms with van der Waals surface area (Å²) >= 11 is 0. The average molecular weight is 1180 g/mol. The smallest absolute Gasteiger partial charge is 0.0300 e. The molecule has 4 unspecified atom stereocenters. The van der Waals surface area contributed by atoms with Gasteiger partial charge in [0.2, 0.25) is 0 Å². The van der Waals surface area contributed by atoms with Crippen molar-refractivity contribution in [3.63, 3.8) is 0 Å². The van der Waals surface area contributed by atoms with Crippen LogP contribution in [0.4, 0.5) is 0 Å². The molecule has 11 rings (SSSR count). The highest BCUT2D eigenvalue weighted by Gasteiger charge is 2.37. The van der Waals surface area contributed by atoms with Crippen molar-refractivity contribution in [2.75, 3.05) is 0 Å². The zero-order valence-corrected chi connectivity index (χ0v) is 63.9. The third-order valence-electron chi connectivity index (χ3n) is 26.7. The van der Waals surface area contributed by atoms with Crippen molar-refractivity contribution in [1.29, 1.82) is 0 Å². The molecular weight excluding hydrogens is 1010 g/mol. The molecule has 0 amide bonds. The van der Waals surface area contributed by atoms with Crippen LogP contribution in [0.3, 0.4) is 0 Å². The fraction of sp³-hybridized carbons (Fsp3) is 1.00. The van der Waals surface area contributed by atoms with Crippen LogP contribution in [0.2, 0.25) is 0 Å². The molecule has 0 saturated heterocycles.